The molecule has 1 aromatic heterocycles. The molecule has 1 aliphatic carbocycles. The van der Waals surface area contributed by atoms with Gasteiger partial charge in [0.25, 0.3) is 5.91 Å². The van der Waals surface area contributed by atoms with Crippen LogP contribution in [0.2, 0.25) is 0 Å². The summed E-state index contributed by atoms with van der Waals surface area (Å²) in [6, 6.07) is 21.0. The number of amides is 1. The van der Waals surface area contributed by atoms with Crippen molar-refractivity contribution in [1.29, 1.82) is 5.26 Å². The molecule has 2 aliphatic rings. The molecule has 2 heterocycles. The third-order valence-electron chi connectivity index (χ3n) is 6.98. The lowest BCUT2D eigenvalue weighted by Gasteiger charge is -2.22. The number of carbonyl (C=O) groups excluding carboxylic acids is 1. The van der Waals surface area contributed by atoms with E-state index in [9.17, 15) is 23.2 Å². The molecule has 1 unspecified atom stereocenters. The molecule has 6 rings (SSSR count). The molecule has 8 nitrogen and oxygen atoms in total. The predicted octanol–water partition coefficient (Wildman–Crippen LogP) is 5.83. The van der Waals surface area contributed by atoms with Gasteiger partial charge in [-0.3, -0.25) is 4.79 Å². The zero-order valence-corrected chi connectivity index (χ0v) is 21.6. The number of carbonyl (C=O) groups is 1. The molecule has 1 atom stereocenters. The Bertz CT molecular complexity index is 1660. The van der Waals surface area contributed by atoms with Gasteiger partial charge >= 0.3 is 6.18 Å². The molecule has 0 saturated heterocycles. The number of anilines is 1. The fourth-order valence-corrected chi connectivity index (χ4v) is 4.77. The number of aromatic nitrogens is 2. The van der Waals surface area contributed by atoms with Gasteiger partial charge in [-0.15, -0.1) is 0 Å². The Morgan fingerprint density at radius 1 is 1.07 bits per heavy atom. The third kappa shape index (κ3) is 5.60. The zero-order valence-electron chi connectivity index (χ0n) is 21.6. The van der Waals surface area contributed by atoms with Crippen LogP contribution in [0.25, 0.3) is 5.69 Å². The van der Waals surface area contributed by atoms with Crippen LogP contribution in [-0.2, 0) is 6.18 Å². The number of nitrogens with zero attached hydrogens (tertiary/aromatic N) is 3. The van der Waals surface area contributed by atoms with E-state index in [4.69, 9.17) is 9.47 Å². The Morgan fingerprint density at radius 3 is 2.66 bits per heavy atom. The molecule has 2 N–H and O–H groups in total. The summed E-state index contributed by atoms with van der Waals surface area (Å²) in [4.78, 5) is 13.4. The van der Waals surface area contributed by atoms with Crippen LogP contribution >= 0.6 is 0 Å². The van der Waals surface area contributed by atoms with E-state index in [0.29, 0.717) is 29.2 Å². The van der Waals surface area contributed by atoms with E-state index in [2.05, 4.69) is 15.7 Å². The van der Waals surface area contributed by atoms with Crippen molar-refractivity contribution in [1.82, 2.24) is 15.1 Å². The number of hydrogen-bond donors (Lipinski definition) is 2. The molecular formula is C30H24F3N5O3. The summed E-state index contributed by atoms with van der Waals surface area (Å²) in [5.41, 5.74) is 0.937. The molecule has 1 saturated carbocycles. The van der Waals surface area contributed by atoms with Crippen LogP contribution in [0.3, 0.4) is 0 Å². The first-order valence-electron chi connectivity index (χ1n) is 13.0. The molecule has 41 heavy (non-hydrogen) atoms. The zero-order chi connectivity index (χ0) is 28.6. The Hall–Kier alpha value is -4.82. The molecule has 0 spiro atoms. The number of alkyl halides is 3. The minimum atomic E-state index is -4.77. The molecule has 3 aromatic carbocycles. The highest BCUT2D eigenvalue weighted by Gasteiger charge is 2.36. The maximum Gasteiger partial charge on any atom is 0.435 e. The van der Waals surface area contributed by atoms with Gasteiger partial charge in [0.05, 0.1) is 23.4 Å². The van der Waals surface area contributed by atoms with Crippen molar-refractivity contribution < 1.29 is 27.4 Å². The first-order valence-corrected chi connectivity index (χ1v) is 13.0. The lowest BCUT2D eigenvalue weighted by Crippen LogP contribution is -2.25. The first-order chi connectivity index (χ1) is 19.8. The van der Waals surface area contributed by atoms with E-state index in [1.54, 1.807) is 18.2 Å². The second kappa shape index (κ2) is 10.6. The quantitative estimate of drug-likeness (QED) is 0.282. The lowest BCUT2D eigenvalue weighted by molar-refractivity contribution is -0.141. The summed E-state index contributed by atoms with van der Waals surface area (Å²) in [5, 5.41) is 19.2. The number of nitriles is 1. The largest absolute Gasteiger partial charge is 0.454 e. The number of hydrogen-bond acceptors (Lipinski definition) is 6. The molecular weight excluding hydrogens is 535 g/mol. The SMILES string of the molecule is N#Cc1cccc(-n2nc(C(F)(F)F)cc2C(=O)Nc2cccc(C(NCC3CC3)c3cccc4c3OCO4)c2)c1. The number of halogens is 3. The fraction of sp³-hybridized carbons (Fsp3) is 0.233. The van der Waals surface area contributed by atoms with E-state index in [0.717, 1.165) is 35.2 Å². The number of ether oxygens (including phenoxy) is 2. The van der Waals surface area contributed by atoms with Gasteiger partial charge in [0, 0.05) is 17.3 Å². The van der Waals surface area contributed by atoms with Crippen molar-refractivity contribution in [2.75, 3.05) is 18.7 Å². The highest BCUT2D eigenvalue weighted by atomic mass is 19.4. The minimum absolute atomic E-state index is 0.128. The maximum atomic E-state index is 13.6. The summed E-state index contributed by atoms with van der Waals surface area (Å²) in [7, 11) is 0. The molecule has 1 amide bonds. The van der Waals surface area contributed by atoms with Crippen molar-refractivity contribution in [3.63, 3.8) is 0 Å². The summed E-state index contributed by atoms with van der Waals surface area (Å²) in [6.07, 6.45) is -2.45. The molecule has 1 fully saturated rings. The molecule has 208 valence electrons. The van der Waals surface area contributed by atoms with Gasteiger partial charge < -0.3 is 20.1 Å². The second-order valence-corrected chi connectivity index (χ2v) is 9.93. The van der Waals surface area contributed by atoms with Crippen molar-refractivity contribution in [2.45, 2.75) is 25.1 Å². The van der Waals surface area contributed by atoms with E-state index >= 15 is 0 Å². The smallest absolute Gasteiger partial charge is 0.435 e. The summed E-state index contributed by atoms with van der Waals surface area (Å²) < 4.78 is 52.9. The first kappa shape index (κ1) is 26.4. The average molecular weight is 560 g/mol. The normalized spacial score (nSPS) is 14.9. The van der Waals surface area contributed by atoms with Gasteiger partial charge in [0.1, 0.15) is 5.69 Å². The highest BCUT2D eigenvalue weighted by molar-refractivity contribution is 6.03. The Balaban J connectivity index is 1.32. The van der Waals surface area contributed by atoms with Crippen LogP contribution in [0.4, 0.5) is 18.9 Å². The Labute approximate surface area is 233 Å². The Kier molecular flexibility index (Phi) is 6.85. The predicted molar refractivity (Wildman–Crippen MR) is 143 cm³/mol. The van der Waals surface area contributed by atoms with Crippen molar-refractivity contribution in [3.05, 3.63) is 101 Å². The third-order valence-corrected chi connectivity index (χ3v) is 6.98. The van der Waals surface area contributed by atoms with Crippen LogP contribution in [0.5, 0.6) is 11.5 Å². The summed E-state index contributed by atoms with van der Waals surface area (Å²) >= 11 is 0. The van der Waals surface area contributed by atoms with Gasteiger partial charge in [-0.2, -0.15) is 23.5 Å². The Morgan fingerprint density at radius 2 is 1.88 bits per heavy atom. The van der Waals surface area contributed by atoms with Crippen LogP contribution < -0.4 is 20.1 Å². The number of rotatable bonds is 8. The molecule has 11 heteroatoms. The van der Waals surface area contributed by atoms with Gasteiger partial charge in [-0.25, -0.2) is 4.68 Å². The van der Waals surface area contributed by atoms with Gasteiger partial charge in [0.15, 0.2) is 17.2 Å². The number of fused-ring (bicyclic) bond motifs is 1. The minimum Gasteiger partial charge on any atom is -0.454 e. The van der Waals surface area contributed by atoms with E-state index in [1.165, 1.54) is 24.3 Å². The number of para-hydroxylation sites is 1. The topological polar surface area (TPSA) is 101 Å². The van der Waals surface area contributed by atoms with Crippen LogP contribution in [0.1, 0.15) is 51.8 Å². The van der Waals surface area contributed by atoms with Crippen molar-refractivity contribution in [2.24, 2.45) is 5.92 Å². The van der Waals surface area contributed by atoms with Gasteiger partial charge in [-0.05, 0) is 67.3 Å². The molecule has 0 radical (unpaired) electrons. The lowest BCUT2D eigenvalue weighted by atomic mass is 9.96. The molecule has 4 aromatic rings. The van der Waals surface area contributed by atoms with Crippen LogP contribution in [0, 0.1) is 17.2 Å². The number of nitrogens with one attached hydrogen (secondary N) is 2. The standard InChI is InChI=1S/C30H24F3N5O3/c31-30(32,33)26-14-24(38(37-26)22-7-1-4-19(12-22)15-34)29(39)36-21-6-2-5-20(13-21)27(35-16-18-10-11-18)23-8-3-9-25-28(23)41-17-40-25/h1-9,12-14,18,27,35H,10-11,16-17H2,(H,36,39). The summed E-state index contributed by atoms with van der Waals surface area (Å²) in [6.45, 7) is 0.926. The van der Waals surface area contributed by atoms with Crippen molar-refractivity contribution >= 4 is 11.6 Å². The van der Waals surface area contributed by atoms with E-state index in [-0.39, 0.29) is 29.8 Å². The van der Waals surface area contributed by atoms with Gasteiger partial charge in [-0.1, -0.05) is 30.3 Å². The molecule has 1 aliphatic heterocycles. The van der Waals surface area contributed by atoms with Crippen LogP contribution in [0.15, 0.2) is 72.8 Å². The summed E-state index contributed by atoms with van der Waals surface area (Å²) in [5.74, 6) is 1.11. The highest BCUT2D eigenvalue weighted by Crippen LogP contribution is 2.41. The maximum absolute atomic E-state index is 13.6. The van der Waals surface area contributed by atoms with E-state index < -0.39 is 17.8 Å². The van der Waals surface area contributed by atoms with Crippen LogP contribution in [-0.4, -0.2) is 29.0 Å². The number of benzene rings is 3. The molecule has 0 bridgehead atoms. The average Bonchev–Trinajstić information content (AvgIpc) is 3.46. The van der Waals surface area contributed by atoms with E-state index in [1.807, 2.05) is 30.3 Å². The fourth-order valence-electron chi connectivity index (χ4n) is 4.77. The monoisotopic (exact) mass is 559 g/mol. The second-order valence-electron chi connectivity index (χ2n) is 9.93. The van der Waals surface area contributed by atoms with Gasteiger partial charge in [0.2, 0.25) is 6.79 Å². The van der Waals surface area contributed by atoms with Crippen molar-refractivity contribution in [3.8, 4) is 23.3 Å².